The van der Waals surface area contributed by atoms with Crippen LogP contribution in [0.25, 0.3) is 0 Å². The van der Waals surface area contributed by atoms with E-state index in [0.717, 1.165) is 49.7 Å². The van der Waals surface area contributed by atoms with Gasteiger partial charge in [-0.25, -0.2) is 9.97 Å². The third kappa shape index (κ3) is 3.85. The molecule has 0 unspecified atom stereocenters. The summed E-state index contributed by atoms with van der Waals surface area (Å²) < 4.78 is 5.35. The van der Waals surface area contributed by atoms with Crippen LogP contribution in [0.4, 0.5) is 5.82 Å². The zero-order valence-corrected chi connectivity index (χ0v) is 11.0. The molecule has 1 aliphatic heterocycles. The van der Waals surface area contributed by atoms with Gasteiger partial charge in [0.2, 0.25) is 0 Å². The van der Waals surface area contributed by atoms with E-state index in [4.69, 9.17) is 10.5 Å². The highest BCUT2D eigenvalue weighted by Crippen LogP contribution is 2.29. The lowest BCUT2D eigenvalue weighted by atomic mass is 10.2. The van der Waals surface area contributed by atoms with Crippen LogP contribution in [0.2, 0.25) is 0 Å². The average Bonchev–Trinajstić information content (AvgIpc) is 2.30. The molecule has 0 spiro atoms. The van der Waals surface area contributed by atoms with Crippen LogP contribution >= 0.6 is 11.8 Å². The molecule has 4 nitrogen and oxygen atoms in total. The second-order valence-electron chi connectivity index (χ2n) is 4.23. The standard InChI is InChI=1S/C12H19N3OS/c1-2-3-11-14-10(13)8-12(15-11)17-9-4-6-16-7-5-9/h8-9H,2-7H2,1H3,(H2,13,14,15). The maximum atomic E-state index is 5.81. The van der Waals surface area contributed by atoms with Crippen molar-refractivity contribution in [3.8, 4) is 0 Å². The minimum Gasteiger partial charge on any atom is -0.384 e. The number of aromatic nitrogens is 2. The molecule has 1 aliphatic rings. The minimum atomic E-state index is 0.581. The van der Waals surface area contributed by atoms with Crippen molar-refractivity contribution >= 4 is 17.6 Å². The van der Waals surface area contributed by atoms with Crippen LogP contribution in [-0.2, 0) is 11.2 Å². The van der Waals surface area contributed by atoms with Gasteiger partial charge in [-0.15, -0.1) is 11.8 Å². The van der Waals surface area contributed by atoms with E-state index in [1.165, 1.54) is 0 Å². The number of rotatable bonds is 4. The van der Waals surface area contributed by atoms with E-state index in [-0.39, 0.29) is 0 Å². The van der Waals surface area contributed by atoms with Crippen LogP contribution in [0, 0.1) is 0 Å². The molecule has 2 heterocycles. The summed E-state index contributed by atoms with van der Waals surface area (Å²) in [7, 11) is 0. The van der Waals surface area contributed by atoms with Crippen LogP contribution in [0.15, 0.2) is 11.1 Å². The van der Waals surface area contributed by atoms with Gasteiger partial charge in [-0.05, 0) is 19.3 Å². The van der Waals surface area contributed by atoms with Crippen molar-refractivity contribution in [1.29, 1.82) is 0 Å². The van der Waals surface area contributed by atoms with E-state index in [1.807, 2.05) is 17.8 Å². The first-order chi connectivity index (χ1) is 8.28. The van der Waals surface area contributed by atoms with Gasteiger partial charge in [-0.3, -0.25) is 0 Å². The number of thioether (sulfide) groups is 1. The Hall–Kier alpha value is -0.810. The van der Waals surface area contributed by atoms with Crippen LogP contribution in [-0.4, -0.2) is 28.4 Å². The quantitative estimate of drug-likeness (QED) is 0.834. The van der Waals surface area contributed by atoms with Gasteiger partial charge >= 0.3 is 0 Å². The van der Waals surface area contributed by atoms with E-state index in [2.05, 4.69) is 16.9 Å². The zero-order chi connectivity index (χ0) is 12.1. The Kier molecular flexibility index (Phi) is 4.62. The number of anilines is 1. The first-order valence-electron chi connectivity index (χ1n) is 6.15. The molecule has 17 heavy (non-hydrogen) atoms. The molecule has 1 aromatic rings. The van der Waals surface area contributed by atoms with Gasteiger partial charge in [0.05, 0.1) is 0 Å². The first-order valence-corrected chi connectivity index (χ1v) is 7.03. The van der Waals surface area contributed by atoms with E-state index in [0.29, 0.717) is 11.1 Å². The highest BCUT2D eigenvalue weighted by atomic mass is 32.2. The lowest BCUT2D eigenvalue weighted by Gasteiger charge is -2.21. The maximum Gasteiger partial charge on any atom is 0.132 e. The van der Waals surface area contributed by atoms with Crippen molar-refractivity contribution in [1.82, 2.24) is 9.97 Å². The molecule has 0 aliphatic carbocycles. The lowest BCUT2D eigenvalue weighted by Crippen LogP contribution is -2.17. The Balaban J connectivity index is 2.03. The van der Waals surface area contributed by atoms with Gasteiger partial charge in [0.25, 0.3) is 0 Å². The lowest BCUT2D eigenvalue weighted by molar-refractivity contribution is 0.1000. The average molecular weight is 253 g/mol. The van der Waals surface area contributed by atoms with E-state index in [1.54, 1.807) is 0 Å². The SMILES string of the molecule is CCCc1nc(N)cc(SC2CCOCC2)n1. The Morgan fingerprint density at radius 1 is 1.41 bits per heavy atom. The second-order valence-corrected chi connectivity index (χ2v) is 5.55. The number of aryl methyl sites for hydroxylation is 1. The molecule has 1 saturated heterocycles. The van der Waals surface area contributed by atoms with Crippen molar-refractivity contribution in [2.24, 2.45) is 0 Å². The van der Waals surface area contributed by atoms with Crippen LogP contribution in [0.5, 0.6) is 0 Å². The molecule has 0 amide bonds. The van der Waals surface area contributed by atoms with Crippen LogP contribution < -0.4 is 5.73 Å². The van der Waals surface area contributed by atoms with Crippen LogP contribution in [0.1, 0.15) is 32.0 Å². The zero-order valence-electron chi connectivity index (χ0n) is 10.2. The molecule has 1 fully saturated rings. The highest BCUT2D eigenvalue weighted by Gasteiger charge is 2.16. The molecule has 0 bridgehead atoms. The van der Waals surface area contributed by atoms with E-state index < -0.39 is 0 Å². The van der Waals surface area contributed by atoms with Crippen molar-refractivity contribution in [2.75, 3.05) is 18.9 Å². The third-order valence-corrected chi connectivity index (χ3v) is 3.95. The maximum absolute atomic E-state index is 5.81. The largest absolute Gasteiger partial charge is 0.384 e. The number of nitrogens with zero attached hydrogens (tertiary/aromatic N) is 2. The molecule has 0 saturated carbocycles. The topological polar surface area (TPSA) is 61.0 Å². The molecule has 0 radical (unpaired) electrons. The smallest absolute Gasteiger partial charge is 0.132 e. The minimum absolute atomic E-state index is 0.581. The fourth-order valence-corrected chi connectivity index (χ4v) is 2.97. The first kappa shape index (κ1) is 12.6. The molecule has 2 rings (SSSR count). The van der Waals surface area contributed by atoms with E-state index in [9.17, 15) is 0 Å². The van der Waals surface area contributed by atoms with Gasteiger partial charge in [-0.1, -0.05) is 6.92 Å². The summed E-state index contributed by atoms with van der Waals surface area (Å²) in [6.07, 6.45) is 4.13. The third-order valence-electron chi connectivity index (χ3n) is 2.70. The Labute approximate surface area is 106 Å². The summed E-state index contributed by atoms with van der Waals surface area (Å²) in [5.74, 6) is 1.44. The van der Waals surface area contributed by atoms with Crippen molar-refractivity contribution in [2.45, 2.75) is 42.9 Å². The summed E-state index contributed by atoms with van der Waals surface area (Å²) in [4.78, 5) is 8.79. The number of nitrogens with two attached hydrogens (primary N) is 1. The van der Waals surface area contributed by atoms with Gasteiger partial charge in [0, 0.05) is 31.0 Å². The predicted molar refractivity (Wildman–Crippen MR) is 70.1 cm³/mol. The molecule has 0 aromatic carbocycles. The fraction of sp³-hybridized carbons (Fsp3) is 0.667. The summed E-state index contributed by atoms with van der Waals surface area (Å²) in [5.41, 5.74) is 5.81. The Morgan fingerprint density at radius 3 is 2.88 bits per heavy atom. The van der Waals surface area contributed by atoms with Gasteiger partial charge in [-0.2, -0.15) is 0 Å². The number of hydrogen-bond acceptors (Lipinski definition) is 5. The molecule has 1 aromatic heterocycles. The molecule has 5 heteroatoms. The van der Waals surface area contributed by atoms with Gasteiger partial charge in [0.1, 0.15) is 16.7 Å². The number of nitrogen functional groups attached to an aromatic ring is 1. The summed E-state index contributed by atoms with van der Waals surface area (Å²) in [6, 6.07) is 1.87. The molecule has 2 N–H and O–H groups in total. The normalized spacial score (nSPS) is 17.2. The second kappa shape index (κ2) is 6.21. The fourth-order valence-electron chi connectivity index (χ4n) is 1.85. The molecule has 94 valence electrons. The Bertz CT molecular complexity index is 367. The predicted octanol–water partition coefficient (Wildman–Crippen LogP) is 2.28. The highest BCUT2D eigenvalue weighted by molar-refractivity contribution is 7.99. The monoisotopic (exact) mass is 253 g/mol. The molecular weight excluding hydrogens is 234 g/mol. The van der Waals surface area contributed by atoms with E-state index >= 15 is 0 Å². The number of ether oxygens (including phenoxy) is 1. The van der Waals surface area contributed by atoms with Crippen molar-refractivity contribution < 1.29 is 4.74 Å². The van der Waals surface area contributed by atoms with Crippen molar-refractivity contribution in [3.63, 3.8) is 0 Å². The molecule has 0 atom stereocenters. The van der Waals surface area contributed by atoms with Crippen molar-refractivity contribution in [3.05, 3.63) is 11.9 Å². The Morgan fingerprint density at radius 2 is 2.18 bits per heavy atom. The van der Waals surface area contributed by atoms with Crippen LogP contribution in [0.3, 0.4) is 0 Å². The molecular formula is C12H19N3OS. The summed E-state index contributed by atoms with van der Waals surface area (Å²) in [5, 5.41) is 1.61. The van der Waals surface area contributed by atoms with Gasteiger partial charge < -0.3 is 10.5 Å². The number of hydrogen-bond donors (Lipinski definition) is 1. The summed E-state index contributed by atoms with van der Waals surface area (Å²) in [6.45, 7) is 3.85. The van der Waals surface area contributed by atoms with Gasteiger partial charge in [0.15, 0.2) is 0 Å². The summed E-state index contributed by atoms with van der Waals surface area (Å²) >= 11 is 1.81.